The van der Waals surface area contributed by atoms with Crippen LogP contribution in [0, 0.1) is 6.92 Å². The molecule has 0 radical (unpaired) electrons. The molecule has 4 nitrogen and oxygen atoms in total. The highest BCUT2D eigenvalue weighted by Crippen LogP contribution is 2.29. The number of nitrogens with zero attached hydrogens (tertiary/aromatic N) is 2. The molecule has 0 saturated carbocycles. The molecule has 2 rings (SSSR count). The Kier molecular flexibility index (Phi) is 3.67. The Morgan fingerprint density at radius 2 is 2.17 bits per heavy atom. The Balaban J connectivity index is 2.42. The zero-order valence-corrected chi connectivity index (χ0v) is 11.1. The van der Waals surface area contributed by atoms with Crippen LogP contribution in [0.3, 0.4) is 0 Å². The molecule has 4 heteroatoms. The van der Waals surface area contributed by atoms with E-state index >= 15 is 0 Å². The van der Waals surface area contributed by atoms with E-state index in [0.717, 1.165) is 29.1 Å². The summed E-state index contributed by atoms with van der Waals surface area (Å²) in [5.74, 6) is 0.825. The van der Waals surface area contributed by atoms with Crippen LogP contribution < -0.4 is 10.5 Å². The highest BCUT2D eigenvalue weighted by atomic mass is 16.5. The minimum atomic E-state index is -0.219. The van der Waals surface area contributed by atoms with Crippen LogP contribution in [0.15, 0.2) is 30.5 Å². The third-order valence-electron chi connectivity index (χ3n) is 3.09. The smallest absolute Gasteiger partial charge is 0.124 e. The second kappa shape index (κ2) is 5.23. The first-order chi connectivity index (χ1) is 8.67. The first-order valence-corrected chi connectivity index (χ1v) is 6.09. The molecule has 1 aromatic heterocycles. The number of aryl methyl sites for hydroxylation is 2. The number of hydrogen-bond donors (Lipinski definition) is 1. The first kappa shape index (κ1) is 12.6. The SMILES string of the molecule is CCn1nccc1C(N)c1ccc(C)cc1OC. The minimum Gasteiger partial charge on any atom is -0.496 e. The third-order valence-corrected chi connectivity index (χ3v) is 3.09. The molecule has 96 valence electrons. The van der Waals surface area contributed by atoms with Gasteiger partial charge in [-0.1, -0.05) is 12.1 Å². The van der Waals surface area contributed by atoms with Gasteiger partial charge in [0.15, 0.2) is 0 Å². The molecule has 2 aromatic rings. The van der Waals surface area contributed by atoms with Crippen LogP contribution in [-0.2, 0) is 6.54 Å². The molecule has 1 aromatic carbocycles. The first-order valence-electron chi connectivity index (χ1n) is 6.09. The van der Waals surface area contributed by atoms with Crippen LogP contribution in [0.1, 0.15) is 29.8 Å². The Morgan fingerprint density at radius 1 is 1.39 bits per heavy atom. The Bertz CT molecular complexity index is 534. The number of hydrogen-bond acceptors (Lipinski definition) is 3. The van der Waals surface area contributed by atoms with E-state index in [-0.39, 0.29) is 6.04 Å². The fraction of sp³-hybridized carbons (Fsp3) is 0.357. The van der Waals surface area contributed by atoms with Crippen molar-refractivity contribution >= 4 is 0 Å². The highest BCUT2D eigenvalue weighted by molar-refractivity contribution is 5.42. The predicted octanol–water partition coefficient (Wildman–Crippen LogP) is 2.27. The molecule has 0 bridgehead atoms. The van der Waals surface area contributed by atoms with Crippen molar-refractivity contribution in [3.8, 4) is 5.75 Å². The summed E-state index contributed by atoms with van der Waals surface area (Å²) < 4.78 is 7.32. The number of ether oxygens (including phenoxy) is 1. The molecule has 0 aliphatic carbocycles. The van der Waals surface area contributed by atoms with Crippen LogP contribution in [-0.4, -0.2) is 16.9 Å². The average Bonchev–Trinajstić information content (AvgIpc) is 2.86. The lowest BCUT2D eigenvalue weighted by Gasteiger charge is -2.17. The summed E-state index contributed by atoms with van der Waals surface area (Å²) in [5, 5.41) is 4.25. The van der Waals surface area contributed by atoms with Crippen molar-refractivity contribution in [3.63, 3.8) is 0 Å². The van der Waals surface area contributed by atoms with Gasteiger partial charge in [-0.3, -0.25) is 4.68 Å². The number of aromatic nitrogens is 2. The molecule has 0 aliphatic heterocycles. The zero-order valence-electron chi connectivity index (χ0n) is 11.1. The number of nitrogens with two attached hydrogens (primary N) is 1. The molecule has 0 saturated heterocycles. The minimum absolute atomic E-state index is 0.219. The fourth-order valence-electron chi connectivity index (χ4n) is 2.11. The Morgan fingerprint density at radius 3 is 2.83 bits per heavy atom. The zero-order chi connectivity index (χ0) is 13.1. The highest BCUT2D eigenvalue weighted by Gasteiger charge is 2.17. The molecule has 1 atom stereocenters. The predicted molar refractivity (Wildman–Crippen MR) is 71.7 cm³/mol. The van der Waals surface area contributed by atoms with E-state index in [1.807, 2.05) is 35.9 Å². The second-order valence-corrected chi connectivity index (χ2v) is 4.29. The van der Waals surface area contributed by atoms with Crippen LogP contribution in [0.2, 0.25) is 0 Å². The molecule has 0 fully saturated rings. The van der Waals surface area contributed by atoms with Gasteiger partial charge >= 0.3 is 0 Å². The van der Waals surface area contributed by atoms with Crippen molar-refractivity contribution in [2.45, 2.75) is 26.4 Å². The van der Waals surface area contributed by atoms with Crippen molar-refractivity contribution in [2.75, 3.05) is 7.11 Å². The number of benzene rings is 1. The summed E-state index contributed by atoms with van der Waals surface area (Å²) in [4.78, 5) is 0. The summed E-state index contributed by atoms with van der Waals surface area (Å²) in [7, 11) is 1.67. The number of methoxy groups -OCH3 is 1. The molecule has 0 aliphatic rings. The van der Waals surface area contributed by atoms with Crippen molar-refractivity contribution in [3.05, 3.63) is 47.3 Å². The number of rotatable bonds is 4. The van der Waals surface area contributed by atoms with E-state index in [0.29, 0.717) is 0 Å². The maximum absolute atomic E-state index is 6.32. The average molecular weight is 245 g/mol. The van der Waals surface area contributed by atoms with Crippen molar-refractivity contribution in [2.24, 2.45) is 5.73 Å². The summed E-state index contributed by atoms with van der Waals surface area (Å²) in [6, 6.07) is 7.80. The second-order valence-electron chi connectivity index (χ2n) is 4.29. The van der Waals surface area contributed by atoms with Gasteiger partial charge in [-0.2, -0.15) is 5.10 Å². The topological polar surface area (TPSA) is 53.1 Å². The standard InChI is InChI=1S/C14H19N3O/c1-4-17-12(7-8-16-17)14(15)11-6-5-10(2)9-13(11)18-3/h5-9,14H,4,15H2,1-3H3. The van der Waals surface area contributed by atoms with E-state index in [4.69, 9.17) is 10.5 Å². The quantitative estimate of drug-likeness (QED) is 0.899. The third kappa shape index (κ3) is 2.24. The lowest BCUT2D eigenvalue weighted by atomic mass is 10.0. The van der Waals surface area contributed by atoms with Crippen molar-refractivity contribution < 1.29 is 4.74 Å². The van der Waals surface area contributed by atoms with E-state index < -0.39 is 0 Å². The van der Waals surface area contributed by atoms with Gasteiger partial charge in [0.25, 0.3) is 0 Å². The summed E-state index contributed by atoms with van der Waals surface area (Å²) in [6.45, 7) is 4.90. The van der Waals surface area contributed by atoms with Gasteiger partial charge in [0.2, 0.25) is 0 Å². The van der Waals surface area contributed by atoms with Crippen molar-refractivity contribution in [1.82, 2.24) is 9.78 Å². The fourth-order valence-corrected chi connectivity index (χ4v) is 2.11. The van der Waals surface area contributed by atoms with Gasteiger partial charge in [-0.05, 0) is 31.5 Å². The summed E-state index contributed by atoms with van der Waals surface area (Å²) in [6.07, 6.45) is 1.78. The van der Waals surface area contributed by atoms with Crippen LogP contribution >= 0.6 is 0 Å². The monoisotopic (exact) mass is 245 g/mol. The van der Waals surface area contributed by atoms with E-state index in [1.54, 1.807) is 13.3 Å². The van der Waals surface area contributed by atoms with Crippen LogP contribution in [0.5, 0.6) is 5.75 Å². The lowest BCUT2D eigenvalue weighted by Crippen LogP contribution is -2.18. The normalized spacial score (nSPS) is 12.4. The van der Waals surface area contributed by atoms with Crippen LogP contribution in [0.4, 0.5) is 0 Å². The molecule has 0 spiro atoms. The Labute approximate surface area is 107 Å². The van der Waals surface area contributed by atoms with E-state index in [1.165, 1.54) is 0 Å². The van der Waals surface area contributed by atoms with Gasteiger partial charge in [0.05, 0.1) is 18.8 Å². The van der Waals surface area contributed by atoms with Gasteiger partial charge in [-0.15, -0.1) is 0 Å². The van der Waals surface area contributed by atoms with Gasteiger partial charge < -0.3 is 10.5 Å². The van der Waals surface area contributed by atoms with Gasteiger partial charge in [0.1, 0.15) is 5.75 Å². The molecular formula is C14H19N3O. The maximum atomic E-state index is 6.32. The molecule has 2 N–H and O–H groups in total. The van der Waals surface area contributed by atoms with E-state index in [2.05, 4.69) is 12.0 Å². The summed E-state index contributed by atoms with van der Waals surface area (Å²) in [5.41, 5.74) is 9.47. The molecule has 18 heavy (non-hydrogen) atoms. The molecule has 1 unspecified atom stereocenters. The largest absolute Gasteiger partial charge is 0.496 e. The van der Waals surface area contributed by atoms with Crippen molar-refractivity contribution in [1.29, 1.82) is 0 Å². The molecule has 0 amide bonds. The Hall–Kier alpha value is -1.81. The maximum Gasteiger partial charge on any atom is 0.124 e. The lowest BCUT2D eigenvalue weighted by molar-refractivity contribution is 0.406. The van der Waals surface area contributed by atoms with Crippen LogP contribution in [0.25, 0.3) is 0 Å². The molecule has 1 heterocycles. The molecular weight excluding hydrogens is 226 g/mol. The van der Waals surface area contributed by atoms with Gasteiger partial charge in [0, 0.05) is 18.3 Å². The summed E-state index contributed by atoms with van der Waals surface area (Å²) >= 11 is 0. The van der Waals surface area contributed by atoms with Gasteiger partial charge in [-0.25, -0.2) is 0 Å². The van der Waals surface area contributed by atoms with E-state index in [9.17, 15) is 0 Å².